The summed E-state index contributed by atoms with van der Waals surface area (Å²) in [5, 5.41) is 2.88. The number of anilines is 1. The van der Waals surface area contributed by atoms with Crippen LogP contribution in [0.5, 0.6) is 0 Å². The molecule has 1 rings (SSSR count). The minimum atomic E-state index is -0.428. The van der Waals surface area contributed by atoms with Crippen molar-refractivity contribution in [2.24, 2.45) is 0 Å². The van der Waals surface area contributed by atoms with Gasteiger partial charge in [0.2, 0.25) is 0 Å². The summed E-state index contributed by atoms with van der Waals surface area (Å²) in [5.74, 6) is -0.190. The van der Waals surface area contributed by atoms with Crippen LogP contribution in [0.4, 0.5) is 5.69 Å². The van der Waals surface area contributed by atoms with Crippen molar-refractivity contribution in [3.8, 4) is 0 Å². The second-order valence-electron chi connectivity index (χ2n) is 4.67. The van der Waals surface area contributed by atoms with Gasteiger partial charge in [0.05, 0.1) is 35.3 Å². The molecule has 94 valence electrons. The van der Waals surface area contributed by atoms with Crippen LogP contribution in [0.1, 0.15) is 29.9 Å². The first-order valence-electron chi connectivity index (χ1n) is 5.39. The fraction of sp³-hybridized carbons (Fsp3) is 0.500. The molecule has 0 fully saturated rings. The van der Waals surface area contributed by atoms with Crippen LogP contribution in [0.2, 0.25) is 0 Å². The zero-order valence-electron chi connectivity index (χ0n) is 10.7. The monoisotopic (exact) mass is 237 g/mol. The van der Waals surface area contributed by atoms with Crippen LogP contribution in [0.3, 0.4) is 0 Å². The molecular weight excluding hydrogens is 218 g/mol. The molecule has 5 nitrogen and oxygen atoms in total. The number of carbonyl (C=O) groups excluding carboxylic acids is 1. The topological polar surface area (TPSA) is 77.2 Å². The molecule has 0 unspecified atom stereocenters. The van der Waals surface area contributed by atoms with Gasteiger partial charge in [-0.1, -0.05) is 0 Å². The summed E-state index contributed by atoms with van der Waals surface area (Å²) in [6.45, 7) is 6.00. The summed E-state index contributed by atoms with van der Waals surface area (Å²) in [7, 11) is 1.60. The third kappa shape index (κ3) is 3.71. The third-order valence-corrected chi connectivity index (χ3v) is 2.31. The third-order valence-electron chi connectivity index (χ3n) is 2.31. The Morgan fingerprint density at radius 3 is 2.82 bits per heavy atom. The van der Waals surface area contributed by atoms with E-state index < -0.39 is 5.54 Å². The zero-order valence-corrected chi connectivity index (χ0v) is 10.7. The highest BCUT2D eigenvalue weighted by Gasteiger charge is 2.22. The summed E-state index contributed by atoms with van der Waals surface area (Å²) in [6.07, 6.45) is 1.53. The Balaban J connectivity index is 2.86. The molecule has 0 spiro atoms. The molecule has 0 saturated carbocycles. The lowest BCUT2D eigenvalue weighted by atomic mass is 10.1. The average Bonchev–Trinajstić information content (AvgIpc) is 2.20. The van der Waals surface area contributed by atoms with Gasteiger partial charge in [0.15, 0.2) is 0 Å². The highest BCUT2D eigenvalue weighted by Crippen LogP contribution is 2.11. The number of aryl methyl sites for hydroxylation is 1. The number of hydrogen-bond acceptors (Lipinski definition) is 4. The van der Waals surface area contributed by atoms with Gasteiger partial charge in [-0.2, -0.15) is 0 Å². The van der Waals surface area contributed by atoms with E-state index in [-0.39, 0.29) is 5.91 Å². The van der Waals surface area contributed by atoms with Crippen molar-refractivity contribution >= 4 is 11.6 Å². The van der Waals surface area contributed by atoms with Gasteiger partial charge >= 0.3 is 0 Å². The van der Waals surface area contributed by atoms with Crippen molar-refractivity contribution in [3.63, 3.8) is 0 Å². The van der Waals surface area contributed by atoms with Crippen LogP contribution >= 0.6 is 0 Å². The largest absolute Gasteiger partial charge is 0.397 e. The smallest absolute Gasteiger partial charge is 0.253 e. The normalized spacial score (nSPS) is 11.3. The number of pyridine rings is 1. The maximum Gasteiger partial charge on any atom is 0.253 e. The van der Waals surface area contributed by atoms with E-state index in [0.717, 1.165) is 0 Å². The van der Waals surface area contributed by atoms with Gasteiger partial charge in [-0.05, 0) is 26.8 Å². The average molecular weight is 237 g/mol. The van der Waals surface area contributed by atoms with E-state index in [1.165, 1.54) is 6.20 Å². The highest BCUT2D eigenvalue weighted by molar-refractivity contribution is 5.96. The quantitative estimate of drug-likeness (QED) is 0.823. The molecule has 0 aliphatic carbocycles. The number of nitrogens with two attached hydrogens (primary N) is 1. The molecule has 3 N–H and O–H groups in total. The summed E-state index contributed by atoms with van der Waals surface area (Å²) in [6, 6.07) is 1.63. The Hall–Kier alpha value is -1.62. The summed E-state index contributed by atoms with van der Waals surface area (Å²) in [5.41, 5.74) is 6.82. The Labute approximate surface area is 101 Å². The molecule has 0 aliphatic heterocycles. The molecule has 0 aromatic carbocycles. The molecule has 1 amide bonds. The van der Waals surface area contributed by atoms with Gasteiger partial charge in [0.25, 0.3) is 5.91 Å². The number of rotatable bonds is 4. The number of nitrogens with zero attached hydrogens (tertiary/aromatic N) is 1. The fourth-order valence-electron chi connectivity index (χ4n) is 1.55. The predicted octanol–water partition coefficient (Wildman–Crippen LogP) is 1.13. The molecule has 0 radical (unpaired) electrons. The van der Waals surface area contributed by atoms with Gasteiger partial charge in [-0.3, -0.25) is 9.78 Å². The van der Waals surface area contributed by atoms with Crippen LogP contribution in [-0.2, 0) is 4.74 Å². The first-order valence-corrected chi connectivity index (χ1v) is 5.39. The first-order chi connectivity index (χ1) is 7.85. The van der Waals surface area contributed by atoms with Crippen molar-refractivity contribution in [2.45, 2.75) is 26.3 Å². The lowest BCUT2D eigenvalue weighted by Gasteiger charge is -2.25. The lowest BCUT2D eigenvalue weighted by molar-refractivity contribution is 0.0819. The van der Waals surface area contributed by atoms with Gasteiger partial charge in [-0.15, -0.1) is 0 Å². The lowest BCUT2D eigenvalue weighted by Crippen LogP contribution is -2.47. The first kappa shape index (κ1) is 13.4. The Morgan fingerprint density at radius 1 is 1.59 bits per heavy atom. The number of ether oxygens (including phenoxy) is 1. The maximum absolute atomic E-state index is 12.0. The number of methoxy groups -OCH3 is 1. The van der Waals surface area contributed by atoms with Crippen LogP contribution in [0.15, 0.2) is 12.3 Å². The maximum atomic E-state index is 12.0. The number of hydrogen-bond donors (Lipinski definition) is 2. The fourth-order valence-corrected chi connectivity index (χ4v) is 1.55. The number of carbonyl (C=O) groups is 1. The van der Waals surface area contributed by atoms with Crippen molar-refractivity contribution in [1.82, 2.24) is 10.3 Å². The van der Waals surface area contributed by atoms with Gasteiger partial charge in [-0.25, -0.2) is 0 Å². The molecule has 5 heteroatoms. The SMILES string of the molecule is COCC(C)(C)NC(=O)c1cc(N)cnc1C. The second kappa shape index (κ2) is 5.14. The number of nitrogen functional groups attached to an aromatic ring is 1. The van der Waals surface area contributed by atoms with Crippen molar-refractivity contribution in [3.05, 3.63) is 23.5 Å². The van der Waals surface area contributed by atoms with Crippen LogP contribution in [0.25, 0.3) is 0 Å². The number of aromatic nitrogens is 1. The van der Waals surface area contributed by atoms with E-state index in [9.17, 15) is 4.79 Å². The van der Waals surface area contributed by atoms with E-state index >= 15 is 0 Å². The van der Waals surface area contributed by atoms with Gasteiger partial charge < -0.3 is 15.8 Å². The van der Waals surface area contributed by atoms with Crippen LogP contribution < -0.4 is 11.1 Å². The Morgan fingerprint density at radius 2 is 2.24 bits per heavy atom. The second-order valence-corrected chi connectivity index (χ2v) is 4.67. The summed E-state index contributed by atoms with van der Waals surface area (Å²) < 4.78 is 5.04. The summed E-state index contributed by atoms with van der Waals surface area (Å²) in [4.78, 5) is 16.1. The molecule has 17 heavy (non-hydrogen) atoms. The van der Waals surface area contributed by atoms with E-state index in [1.807, 2.05) is 13.8 Å². The predicted molar refractivity (Wildman–Crippen MR) is 66.8 cm³/mol. The molecule has 1 aromatic rings. The van der Waals surface area contributed by atoms with E-state index in [1.54, 1.807) is 20.1 Å². The molecule has 0 aliphatic rings. The molecule has 1 aromatic heterocycles. The van der Waals surface area contributed by atoms with Crippen LogP contribution in [-0.4, -0.2) is 30.1 Å². The van der Waals surface area contributed by atoms with Crippen LogP contribution in [0, 0.1) is 6.92 Å². The van der Waals surface area contributed by atoms with Crippen molar-refractivity contribution in [2.75, 3.05) is 19.5 Å². The zero-order chi connectivity index (χ0) is 13.1. The van der Waals surface area contributed by atoms with Crippen molar-refractivity contribution in [1.29, 1.82) is 0 Å². The van der Waals surface area contributed by atoms with E-state index in [0.29, 0.717) is 23.6 Å². The molecule has 1 heterocycles. The Kier molecular flexibility index (Phi) is 4.07. The summed E-state index contributed by atoms with van der Waals surface area (Å²) >= 11 is 0. The van der Waals surface area contributed by atoms with E-state index in [2.05, 4.69) is 10.3 Å². The van der Waals surface area contributed by atoms with Gasteiger partial charge in [0.1, 0.15) is 0 Å². The minimum absolute atomic E-state index is 0.190. The van der Waals surface area contributed by atoms with Crippen molar-refractivity contribution < 1.29 is 9.53 Å². The standard InChI is InChI=1S/C12H19N3O2/c1-8-10(5-9(13)6-14-8)11(16)15-12(2,3)7-17-4/h5-6H,7,13H2,1-4H3,(H,15,16). The molecule has 0 bridgehead atoms. The van der Waals surface area contributed by atoms with E-state index in [4.69, 9.17) is 10.5 Å². The molecule has 0 saturated heterocycles. The molecular formula is C12H19N3O2. The number of amides is 1. The van der Waals surface area contributed by atoms with Gasteiger partial charge in [0, 0.05) is 7.11 Å². The molecule has 0 atom stereocenters. The Bertz CT molecular complexity index is 416. The highest BCUT2D eigenvalue weighted by atomic mass is 16.5. The minimum Gasteiger partial charge on any atom is -0.397 e. The number of nitrogens with one attached hydrogen (secondary N) is 1.